The standard InChI is InChI=1S/C17H16BrNO5/c18-11-2-4-12(5-3-11)23-10-13-6-7-14(24-13)15(20)19-17(16(21)22)8-1-9-17/h2-7H,1,8-10H2,(H,19,20)(H,21,22). The highest BCUT2D eigenvalue weighted by Crippen LogP contribution is 2.32. The van der Waals surface area contributed by atoms with E-state index in [1.54, 1.807) is 6.07 Å². The van der Waals surface area contributed by atoms with Gasteiger partial charge < -0.3 is 19.6 Å². The van der Waals surface area contributed by atoms with Crippen LogP contribution in [-0.4, -0.2) is 22.5 Å². The van der Waals surface area contributed by atoms with Crippen LogP contribution >= 0.6 is 15.9 Å². The van der Waals surface area contributed by atoms with Crippen molar-refractivity contribution in [3.8, 4) is 5.75 Å². The summed E-state index contributed by atoms with van der Waals surface area (Å²) in [6.45, 7) is 0.180. The number of benzene rings is 1. The molecule has 1 amide bonds. The first-order valence-electron chi connectivity index (χ1n) is 7.51. The highest BCUT2D eigenvalue weighted by molar-refractivity contribution is 9.10. The molecule has 126 valence electrons. The fourth-order valence-electron chi connectivity index (χ4n) is 2.46. The number of amides is 1. The van der Waals surface area contributed by atoms with Crippen molar-refractivity contribution in [1.29, 1.82) is 0 Å². The molecule has 1 aromatic heterocycles. The molecule has 2 N–H and O–H groups in total. The first kappa shape index (κ1) is 16.6. The minimum atomic E-state index is -1.15. The van der Waals surface area contributed by atoms with Gasteiger partial charge in [0, 0.05) is 4.47 Å². The Labute approximate surface area is 146 Å². The molecule has 3 rings (SSSR count). The van der Waals surface area contributed by atoms with Gasteiger partial charge in [-0.3, -0.25) is 4.79 Å². The van der Waals surface area contributed by atoms with Crippen molar-refractivity contribution in [2.45, 2.75) is 31.4 Å². The average molecular weight is 394 g/mol. The van der Waals surface area contributed by atoms with E-state index in [1.807, 2.05) is 24.3 Å². The number of carboxylic acid groups (broad SMARTS) is 1. The van der Waals surface area contributed by atoms with Gasteiger partial charge in [-0.2, -0.15) is 0 Å². The summed E-state index contributed by atoms with van der Waals surface area (Å²) in [4.78, 5) is 23.5. The van der Waals surface area contributed by atoms with Gasteiger partial charge in [-0.25, -0.2) is 4.79 Å². The zero-order chi connectivity index (χ0) is 17.2. The fraction of sp³-hybridized carbons (Fsp3) is 0.294. The second-order valence-corrected chi connectivity index (χ2v) is 6.62. The largest absolute Gasteiger partial charge is 0.486 e. The van der Waals surface area contributed by atoms with Crippen LogP contribution in [0.15, 0.2) is 45.3 Å². The molecule has 2 aromatic rings. The number of halogens is 1. The molecule has 1 aliphatic rings. The van der Waals surface area contributed by atoms with Gasteiger partial charge in [-0.15, -0.1) is 0 Å². The summed E-state index contributed by atoms with van der Waals surface area (Å²) in [7, 11) is 0. The highest BCUT2D eigenvalue weighted by atomic mass is 79.9. The van der Waals surface area contributed by atoms with Crippen molar-refractivity contribution in [1.82, 2.24) is 5.32 Å². The molecule has 1 heterocycles. The third-order valence-corrected chi connectivity index (χ3v) is 4.58. The van der Waals surface area contributed by atoms with Crippen LogP contribution in [0.4, 0.5) is 0 Å². The lowest BCUT2D eigenvalue weighted by atomic mass is 9.76. The molecule has 0 bridgehead atoms. The summed E-state index contributed by atoms with van der Waals surface area (Å²) < 4.78 is 12.0. The number of nitrogens with one attached hydrogen (secondary N) is 1. The van der Waals surface area contributed by atoms with Crippen molar-refractivity contribution in [2.24, 2.45) is 0 Å². The molecular formula is C17H16BrNO5. The Hall–Kier alpha value is -2.28. The Morgan fingerprint density at radius 2 is 1.92 bits per heavy atom. The monoisotopic (exact) mass is 393 g/mol. The minimum Gasteiger partial charge on any atom is -0.486 e. The fourth-order valence-corrected chi connectivity index (χ4v) is 2.73. The second-order valence-electron chi connectivity index (χ2n) is 5.70. The molecule has 24 heavy (non-hydrogen) atoms. The van der Waals surface area contributed by atoms with Gasteiger partial charge in [-0.05, 0) is 55.7 Å². The van der Waals surface area contributed by atoms with Gasteiger partial charge in [0.1, 0.15) is 23.7 Å². The van der Waals surface area contributed by atoms with E-state index in [9.17, 15) is 14.7 Å². The molecule has 0 radical (unpaired) electrons. The van der Waals surface area contributed by atoms with E-state index < -0.39 is 17.4 Å². The summed E-state index contributed by atoms with van der Waals surface area (Å²) in [5, 5.41) is 11.8. The van der Waals surface area contributed by atoms with E-state index in [1.165, 1.54) is 6.07 Å². The van der Waals surface area contributed by atoms with Gasteiger partial charge in [0.25, 0.3) is 5.91 Å². The number of hydrogen-bond acceptors (Lipinski definition) is 4. The summed E-state index contributed by atoms with van der Waals surface area (Å²) >= 11 is 3.35. The molecular weight excluding hydrogens is 378 g/mol. The SMILES string of the molecule is O=C(NC1(C(=O)O)CCC1)c1ccc(COc2ccc(Br)cc2)o1. The number of aliphatic carboxylic acids is 1. The quantitative estimate of drug-likeness (QED) is 0.785. The van der Waals surface area contributed by atoms with Gasteiger partial charge in [-0.1, -0.05) is 15.9 Å². The van der Waals surface area contributed by atoms with Crippen LogP contribution in [0.5, 0.6) is 5.75 Å². The third kappa shape index (κ3) is 3.46. The third-order valence-electron chi connectivity index (χ3n) is 4.05. The Bertz CT molecular complexity index is 749. The Balaban J connectivity index is 1.59. The summed E-state index contributed by atoms with van der Waals surface area (Å²) in [5.74, 6) is -0.280. The smallest absolute Gasteiger partial charge is 0.329 e. The molecule has 0 unspecified atom stereocenters. The van der Waals surface area contributed by atoms with Crippen LogP contribution in [0.1, 0.15) is 35.6 Å². The first-order valence-corrected chi connectivity index (χ1v) is 8.31. The van der Waals surface area contributed by atoms with E-state index in [-0.39, 0.29) is 12.4 Å². The molecule has 7 heteroatoms. The van der Waals surface area contributed by atoms with Crippen molar-refractivity contribution < 1.29 is 23.8 Å². The zero-order valence-electron chi connectivity index (χ0n) is 12.8. The topological polar surface area (TPSA) is 88.8 Å². The van der Waals surface area contributed by atoms with Crippen LogP contribution in [0.2, 0.25) is 0 Å². The van der Waals surface area contributed by atoms with E-state index in [0.717, 1.165) is 10.9 Å². The molecule has 0 spiro atoms. The molecule has 1 aromatic carbocycles. The summed E-state index contributed by atoms with van der Waals surface area (Å²) in [6, 6.07) is 10.5. The lowest BCUT2D eigenvalue weighted by Crippen LogP contribution is -2.59. The Morgan fingerprint density at radius 3 is 2.50 bits per heavy atom. The average Bonchev–Trinajstić information content (AvgIpc) is 2.99. The highest BCUT2D eigenvalue weighted by Gasteiger charge is 2.46. The Morgan fingerprint density at radius 1 is 1.21 bits per heavy atom. The lowest BCUT2D eigenvalue weighted by Gasteiger charge is -2.37. The molecule has 1 aliphatic carbocycles. The molecule has 1 fully saturated rings. The van der Waals surface area contributed by atoms with Crippen LogP contribution in [-0.2, 0) is 11.4 Å². The van der Waals surface area contributed by atoms with Crippen molar-refractivity contribution in [3.05, 3.63) is 52.4 Å². The van der Waals surface area contributed by atoms with Gasteiger partial charge in [0.15, 0.2) is 5.76 Å². The second kappa shape index (κ2) is 6.68. The molecule has 0 aliphatic heterocycles. The van der Waals surface area contributed by atoms with Gasteiger partial charge in [0.05, 0.1) is 0 Å². The molecule has 1 saturated carbocycles. The number of hydrogen-bond donors (Lipinski definition) is 2. The number of furan rings is 1. The first-order chi connectivity index (χ1) is 11.5. The van der Waals surface area contributed by atoms with E-state index in [2.05, 4.69) is 21.2 Å². The molecule has 6 nitrogen and oxygen atoms in total. The number of carbonyl (C=O) groups excluding carboxylic acids is 1. The number of carbonyl (C=O) groups is 2. The van der Waals surface area contributed by atoms with Gasteiger partial charge >= 0.3 is 5.97 Å². The summed E-state index contributed by atoms with van der Waals surface area (Å²) in [5.41, 5.74) is -1.15. The van der Waals surface area contributed by atoms with E-state index in [0.29, 0.717) is 24.4 Å². The van der Waals surface area contributed by atoms with Crippen LogP contribution < -0.4 is 10.1 Å². The summed E-state index contributed by atoms with van der Waals surface area (Å²) in [6.07, 6.45) is 1.67. The van der Waals surface area contributed by atoms with Crippen LogP contribution in [0.3, 0.4) is 0 Å². The number of carboxylic acids is 1. The lowest BCUT2D eigenvalue weighted by molar-refractivity contribution is -0.148. The minimum absolute atomic E-state index is 0.0805. The predicted octanol–water partition coefficient (Wildman–Crippen LogP) is 3.36. The maximum absolute atomic E-state index is 12.2. The number of rotatable bonds is 6. The van der Waals surface area contributed by atoms with Crippen molar-refractivity contribution in [2.75, 3.05) is 0 Å². The van der Waals surface area contributed by atoms with Crippen LogP contribution in [0, 0.1) is 0 Å². The predicted molar refractivity (Wildman–Crippen MR) is 88.9 cm³/mol. The molecule has 0 saturated heterocycles. The number of ether oxygens (including phenoxy) is 1. The van der Waals surface area contributed by atoms with Gasteiger partial charge in [0.2, 0.25) is 0 Å². The van der Waals surface area contributed by atoms with Crippen molar-refractivity contribution in [3.63, 3.8) is 0 Å². The van der Waals surface area contributed by atoms with E-state index >= 15 is 0 Å². The maximum atomic E-state index is 12.2. The Kier molecular flexibility index (Phi) is 4.62. The zero-order valence-corrected chi connectivity index (χ0v) is 14.3. The molecule has 0 atom stereocenters. The maximum Gasteiger partial charge on any atom is 0.329 e. The normalized spacial score (nSPS) is 15.4. The van der Waals surface area contributed by atoms with E-state index in [4.69, 9.17) is 9.15 Å². The van der Waals surface area contributed by atoms with Crippen LogP contribution in [0.25, 0.3) is 0 Å². The van der Waals surface area contributed by atoms with Crippen molar-refractivity contribution >= 4 is 27.8 Å².